The molecule has 0 saturated carbocycles. The van der Waals surface area contributed by atoms with E-state index < -0.39 is 0 Å². The average molecular weight is 315 g/mol. The highest BCUT2D eigenvalue weighted by molar-refractivity contribution is 9.10. The minimum atomic E-state index is -0.377. The second-order valence-corrected chi connectivity index (χ2v) is 4.74. The molecular weight excluding hydrogens is 304 g/mol. The molecule has 1 heterocycles. The van der Waals surface area contributed by atoms with E-state index in [9.17, 15) is 4.79 Å². The van der Waals surface area contributed by atoms with Crippen LogP contribution in [0.4, 0.5) is 5.82 Å². The monoisotopic (exact) mass is 314 g/mol. The van der Waals surface area contributed by atoms with Gasteiger partial charge in [0.15, 0.2) is 0 Å². The van der Waals surface area contributed by atoms with Crippen molar-refractivity contribution in [2.24, 2.45) is 0 Å². The van der Waals surface area contributed by atoms with E-state index in [0.717, 1.165) is 15.6 Å². The molecule has 1 aromatic heterocycles. The Bertz CT molecular complexity index is 657. The zero-order valence-electron chi connectivity index (χ0n) is 10.3. The van der Waals surface area contributed by atoms with E-state index in [-0.39, 0.29) is 5.91 Å². The SMILES string of the molecule is Cc1cc(NC(=O)C#Cc2ccccc2)ncc1Br. The summed E-state index contributed by atoms with van der Waals surface area (Å²) in [7, 11) is 0. The van der Waals surface area contributed by atoms with Crippen molar-refractivity contribution in [3.05, 3.63) is 58.2 Å². The molecule has 2 rings (SSSR count). The standard InChI is InChI=1S/C15H11BrN2O/c1-11-9-14(17-10-13(11)16)18-15(19)8-7-12-5-3-2-4-6-12/h2-6,9-10H,1H3,(H,17,18,19). The zero-order chi connectivity index (χ0) is 13.7. The van der Waals surface area contributed by atoms with Crippen molar-refractivity contribution in [1.29, 1.82) is 0 Å². The number of amides is 1. The molecule has 0 unspecified atom stereocenters. The maximum atomic E-state index is 11.6. The summed E-state index contributed by atoms with van der Waals surface area (Å²) in [4.78, 5) is 15.7. The lowest BCUT2D eigenvalue weighted by Gasteiger charge is -2.02. The van der Waals surface area contributed by atoms with E-state index in [1.54, 1.807) is 12.3 Å². The Morgan fingerprint density at radius 3 is 2.74 bits per heavy atom. The summed E-state index contributed by atoms with van der Waals surface area (Å²) in [5, 5.41) is 2.64. The molecule has 0 aliphatic carbocycles. The summed E-state index contributed by atoms with van der Waals surface area (Å²) in [5.74, 6) is 5.44. The number of aromatic nitrogens is 1. The van der Waals surface area contributed by atoms with Gasteiger partial charge in [0.25, 0.3) is 0 Å². The number of nitrogens with zero attached hydrogens (tertiary/aromatic N) is 1. The fourth-order valence-corrected chi connectivity index (χ4v) is 1.62. The van der Waals surface area contributed by atoms with E-state index in [2.05, 4.69) is 38.1 Å². The molecule has 0 radical (unpaired) electrons. The van der Waals surface area contributed by atoms with E-state index >= 15 is 0 Å². The van der Waals surface area contributed by atoms with Crippen LogP contribution in [0.5, 0.6) is 0 Å². The van der Waals surface area contributed by atoms with E-state index in [4.69, 9.17) is 0 Å². The maximum Gasteiger partial charge on any atom is 0.301 e. The molecule has 0 saturated heterocycles. The third-order valence-corrected chi connectivity index (χ3v) is 3.21. The Morgan fingerprint density at radius 1 is 1.32 bits per heavy atom. The number of carbonyl (C=O) groups is 1. The number of pyridine rings is 1. The molecule has 3 nitrogen and oxygen atoms in total. The van der Waals surface area contributed by atoms with Gasteiger partial charge in [-0.2, -0.15) is 0 Å². The second-order valence-electron chi connectivity index (χ2n) is 3.89. The first-order chi connectivity index (χ1) is 9.15. The summed E-state index contributed by atoms with van der Waals surface area (Å²) in [5.41, 5.74) is 1.80. The Balaban J connectivity index is 2.06. The van der Waals surface area contributed by atoms with Crippen LogP contribution < -0.4 is 5.32 Å². The quantitative estimate of drug-likeness (QED) is 0.822. The fraction of sp³-hybridized carbons (Fsp3) is 0.0667. The molecular formula is C15H11BrN2O. The van der Waals surface area contributed by atoms with Gasteiger partial charge in [0.1, 0.15) is 5.82 Å². The number of carbonyl (C=O) groups excluding carboxylic acids is 1. The molecule has 0 atom stereocenters. The summed E-state index contributed by atoms with van der Waals surface area (Å²) >= 11 is 3.35. The number of nitrogens with one attached hydrogen (secondary N) is 1. The van der Waals surface area contributed by atoms with E-state index in [1.165, 1.54) is 0 Å². The van der Waals surface area contributed by atoms with Gasteiger partial charge in [0.05, 0.1) is 0 Å². The fourth-order valence-electron chi connectivity index (χ4n) is 1.41. The van der Waals surface area contributed by atoms with E-state index in [1.807, 2.05) is 37.3 Å². The van der Waals surface area contributed by atoms with Gasteiger partial charge in [0.2, 0.25) is 0 Å². The minimum Gasteiger partial charge on any atom is -0.300 e. The van der Waals surface area contributed by atoms with Crippen molar-refractivity contribution in [2.75, 3.05) is 5.32 Å². The molecule has 0 bridgehead atoms. The van der Waals surface area contributed by atoms with Crippen LogP contribution in [-0.2, 0) is 4.79 Å². The van der Waals surface area contributed by atoms with Crippen molar-refractivity contribution in [2.45, 2.75) is 6.92 Å². The molecule has 0 aliphatic heterocycles. The van der Waals surface area contributed by atoms with E-state index in [0.29, 0.717) is 5.82 Å². The Morgan fingerprint density at radius 2 is 2.05 bits per heavy atom. The lowest BCUT2D eigenvalue weighted by molar-refractivity contribution is -0.111. The van der Waals surface area contributed by atoms with Crippen LogP contribution in [0.2, 0.25) is 0 Å². The van der Waals surface area contributed by atoms with Gasteiger partial charge >= 0.3 is 5.91 Å². The van der Waals surface area contributed by atoms with Crippen molar-refractivity contribution in [1.82, 2.24) is 4.98 Å². The number of hydrogen-bond donors (Lipinski definition) is 1. The van der Waals surface area contributed by atoms with Gasteiger partial charge < -0.3 is 0 Å². The molecule has 94 valence electrons. The van der Waals surface area contributed by atoms with Gasteiger partial charge in [-0.05, 0) is 46.6 Å². The predicted molar refractivity (Wildman–Crippen MR) is 78.6 cm³/mol. The van der Waals surface area contributed by atoms with Gasteiger partial charge in [-0.25, -0.2) is 4.98 Å². The van der Waals surface area contributed by atoms with Crippen LogP contribution in [0, 0.1) is 18.8 Å². The lowest BCUT2D eigenvalue weighted by atomic mass is 10.2. The number of hydrogen-bond acceptors (Lipinski definition) is 2. The number of rotatable bonds is 1. The normalized spacial score (nSPS) is 9.37. The van der Waals surface area contributed by atoms with Crippen LogP contribution in [0.25, 0.3) is 0 Å². The first-order valence-electron chi connectivity index (χ1n) is 5.65. The first-order valence-corrected chi connectivity index (χ1v) is 6.44. The number of benzene rings is 1. The molecule has 1 amide bonds. The topological polar surface area (TPSA) is 42.0 Å². The zero-order valence-corrected chi connectivity index (χ0v) is 11.9. The van der Waals surface area contributed by atoms with Crippen LogP contribution in [0.1, 0.15) is 11.1 Å². The van der Waals surface area contributed by atoms with Gasteiger partial charge in [-0.1, -0.05) is 24.1 Å². The highest BCUT2D eigenvalue weighted by Crippen LogP contribution is 2.16. The molecule has 0 aliphatic rings. The highest BCUT2D eigenvalue weighted by Gasteiger charge is 2.01. The van der Waals surface area contributed by atoms with Crippen LogP contribution in [-0.4, -0.2) is 10.9 Å². The molecule has 4 heteroatoms. The van der Waals surface area contributed by atoms with Crippen LogP contribution >= 0.6 is 15.9 Å². The van der Waals surface area contributed by atoms with Gasteiger partial charge in [0, 0.05) is 22.2 Å². The lowest BCUT2D eigenvalue weighted by Crippen LogP contribution is -2.10. The second kappa shape index (κ2) is 6.17. The van der Waals surface area contributed by atoms with Crippen LogP contribution in [0.15, 0.2) is 47.1 Å². The smallest absolute Gasteiger partial charge is 0.300 e. The van der Waals surface area contributed by atoms with Crippen LogP contribution in [0.3, 0.4) is 0 Å². The van der Waals surface area contributed by atoms with Crippen molar-refractivity contribution < 1.29 is 4.79 Å². The summed E-state index contributed by atoms with van der Waals surface area (Å²) in [6.45, 7) is 1.93. The number of aryl methyl sites for hydroxylation is 1. The Kier molecular flexibility index (Phi) is 4.32. The number of halogens is 1. The third-order valence-electron chi connectivity index (χ3n) is 2.38. The highest BCUT2D eigenvalue weighted by atomic mass is 79.9. The molecule has 1 N–H and O–H groups in total. The minimum absolute atomic E-state index is 0.377. The number of anilines is 1. The summed E-state index contributed by atoms with van der Waals surface area (Å²) < 4.78 is 0.904. The largest absolute Gasteiger partial charge is 0.301 e. The van der Waals surface area contributed by atoms with Crippen molar-refractivity contribution in [3.8, 4) is 11.8 Å². The molecule has 19 heavy (non-hydrogen) atoms. The Hall–Kier alpha value is -2.12. The predicted octanol–water partition coefficient (Wildman–Crippen LogP) is 3.14. The van der Waals surface area contributed by atoms with Gasteiger partial charge in [-0.15, -0.1) is 0 Å². The van der Waals surface area contributed by atoms with Gasteiger partial charge in [-0.3, -0.25) is 10.1 Å². The van der Waals surface area contributed by atoms with Crippen molar-refractivity contribution in [3.63, 3.8) is 0 Å². The molecule has 0 spiro atoms. The summed E-state index contributed by atoms with van der Waals surface area (Å²) in [6, 6.07) is 11.1. The summed E-state index contributed by atoms with van der Waals surface area (Å²) in [6.07, 6.45) is 1.65. The van der Waals surface area contributed by atoms with Crippen molar-refractivity contribution >= 4 is 27.7 Å². The molecule has 0 fully saturated rings. The maximum absolute atomic E-state index is 11.6. The first kappa shape index (κ1) is 13.3. The third kappa shape index (κ3) is 3.94. The average Bonchev–Trinajstić information content (AvgIpc) is 2.42. The molecule has 2 aromatic rings. The Labute approximate surface area is 120 Å². The molecule has 1 aromatic carbocycles.